The zero-order valence-electron chi connectivity index (χ0n) is 17.9. The number of rotatable bonds is 3. The molecular formula is C27H22N4O2. The fraction of sp³-hybridized carbons (Fsp3) is 0.148. The minimum absolute atomic E-state index is 0.209. The van der Waals surface area contributed by atoms with E-state index in [9.17, 15) is 9.59 Å². The van der Waals surface area contributed by atoms with Crippen LogP contribution in [0.1, 0.15) is 33.6 Å². The Hall–Kier alpha value is -4.19. The zero-order chi connectivity index (χ0) is 22.4. The van der Waals surface area contributed by atoms with Crippen molar-refractivity contribution in [1.29, 1.82) is 0 Å². The molecule has 0 saturated heterocycles. The Morgan fingerprint density at radius 2 is 1.82 bits per heavy atom. The number of carbonyl (C=O) groups is 2. The molecule has 0 saturated carbocycles. The zero-order valence-corrected chi connectivity index (χ0v) is 17.9. The summed E-state index contributed by atoms with van der Waals surface area (Å²) < 4.78 is 0. The number of aryl methyl sites for hydroxylation is 1. The van der Waals surface area contributed by atoms with Crippen LogP contribution in [0.25, 0.3) is 10.9 Å². The molecule has 6 heteroatoms. The van der Waals surface area contributed by atoms with Gasteiger partial charge in [-0.3, -0.25) is 9.59 Å². The minimum atomic E-state index is -1.02. The molecule has 4 aromatic rings. The van der Waals surface area contributed by atoms with Crippen LogP contribution in [0.15, 0.2) is 83.9 Å². The van der Waals surface area contributed by atoms with Crippen molar-refractivity contribution in [2.24, 2.45) is 4.99 Å². The van der Waals surface area contributed by atoms with Crippen LogP contribution in [0.3, 0.4) is 0 Å². The number of anilines is 1. The van der Waals surface area contributed by atoms with Gasteiger partial charge in [0, 0.05) is 28.6 Å². The third-order valence-electron chi connectivity index (χ3n) is 6.32. The highest BCUT2D eigenvalue weighted by atomic mass is 16.2. The van der Waals surface area contributed by atoms with Gasteiger partial charge in [-0.05, 0) is 30.5 Å². The number of aromatic amines is 1. The van der Waals surface area contributed by atoms with E-state index in [4.69, 9.17) is 4.99 Å². The largest absolute Gasteiger partial charge is 0.351 e. The van der Waals surface area contributed by atoms with Crippen LogP contribution in [0, 0.1) is 0 Å². The number of aliphatic imine (C=N–C) groups is 1. The minimum Gasteiger partial charge on any atom is -0.351 e. The number of hydrogen-bond acceptors (Lipinski definition) is 3. The van der Waals surface area contributed by atoms with E-state index in [1.165, 1.54) is 0 Å². The van der Waals surface area contributed by atoms with Gasteiger partial charge in [0.15, 0.2) is 0 Å². The molecule has 2 N–H and O–H groups in total. The lowest BCUT2D eigenvalue weighted by molar-refractivity contribution is -0.120. The van der Waals surface area contributed by atoms with E-state index in [2.05, 4.69) is 16.4 Å². The summed E-state index contributed by atoms with van der Waals surface area (Å²) in [4.78, 5) is 36.6. The second kappa shape index (κ2) is 7.74. The summed E-state index contributed by atoms with van der Waals surface area (Å²) in [6, 6.07) is 25.4. The van der Waals surface area contributed by atoms with Gasteiger partial charge in [0.25, 0.3) is 11.8 Å². The number of amides is 2. The van der Waals surface area contributed by atoms with Crippen LogP contribution in [0.2, 0.25) is 0 Å². The number of benzene rings is 3. The van der Waals surface area contributed by atoms with Gasteiger partial charge < -0.3 is 15.2 Å². The summed E-state index contributed by atoms with van der Waals surface area (Å²) in [5, 5.41) is 3.82. The lowest BCUT2D eigenvalue weighted by Gasteiger charge is -2.31. The number of nitrogens with zero attached hydrogens (tertiary/aromatic N) is 2. The number of para-hydroxylation sites is 2. The number of aromatic nitrogens is 1. The quantitative estimate of drug-likeness (QED) is 0.510. The maximum Gasteiger partial charge on any atom is 0.272 e. The molecule has 0 unspecified atom stereocenters. The van der Waals surface area contributed by atoms with Crippen LogP contribution in [-0.2, 0) is 11.2 Å². The molecule has 2 aliphatic rings. The van der Waals surface area contributed by atoms with Crippen molar-refractivity contribution < 1.29 is 9.59 Å². The summed E-state index contributed by atoms with van der Waals surface area (Å²) in [6.45, 7) is 0.610. The van der Waals surface area contributed by atoms with Crippen molar-refractivity contribution in [2.75, 3.05) is 11.4 Å². The fourth-order valence-electron chi connectivity index (χ4n) is 4.78. The number of hydrogen-bond donors (Lipinski definition) is 2. The Bertz CT molecular complexity index is 1390. The Balaban J connectivity index is 1.44. The van der Waals surface area contributed by atoms with Crippen LogP contribution in [0.4, 0.5) is 5.69 Å². The van der Waals surface area contributed by atoms with Crippen LogP contribution < -0.4 is 10.2 Å². The smallest absolute Gasteiger partial charge is 0.272 e. The standard InChI is InChI=1S/C27H22N4O2/c32-26(22-16-19-10-4-5-14-21(19)28-22)30-25-27(33)31-15-7-12-18-11-6-13-20(24(18)31)23(29-25)17-8-2-1-3-9-17/h1-6,8-11,13-14,16,25,28H,7,12,15H2,(H,30,32)/t25-/m0/s1. The molecule has 3 heterocycles. The normalized spacial score (nSPS) is 17.3. The molecule has 1 aromatic heterocycles. The Morgan fingerprint density at radius 1 is 1.00 bits per heavy atom. The van der Waals surface area contributed by atoms with Crippen molar-refractivity contribution in [3.63, 3.8) is 0 Å². The molecule has 6 rings (SSSR count). The van der Waals surface area contributed by atoms with E-state index in [0.29, 0.717) is 18.0 Å². The lowest BCUT2D eigenvalue weighted by atomic mass is 9.93. The Morgan fingerprint density at radius 3 is 2.67 bits per heavy atom. The van der Waals surface area contributed by atoms with Gasteiger partial charge in [-0.1, -0.05) is 66.7 Å². The van der Waals surface area contributed by atoms with Crippen LogP contribution >= 0.6 is 0 Å². The Kier molecular flexibility index (Phi) is 4.57. The summed E-state index contributed by atoms with van der Waals surface area (Å²) in [5.74, 6) is -0.567. The number of H-pyrrole nitrogens is 1. The first-order valence-corrected chi connectivity index (χ1v) is 11.1. The van der Waals surface area contributed by atoms with E-state index >= 15 is 0 Å². The summed E-state index contributed by atoms with van der Waals surface area (Å²) in [6.07, 6.45) is 0.782. The molecule has 0 bridgehead atoms. The third-order valence-corrected chi connectivity index (χ3v) is 6.32. The summed E-state index contributed by atoms with van der Waals surface area (Å²) >= 11 is 0. The first-order valence-electron chi connectivity index (χ1n) is 11.1. The average molecular weight is 434 g/mol. The number of fused-ring (bicyclic) bond motifs is 1. The van der Waals surface area contributed by atoms with E-state index in [-0.39, 0.29) is 11.8 Å². The summed E-state index contributed by atoms with van der Waals surface area (Å²) in [5.41, 5.74) is 5.88. The van der Waals surface area contributed by atoms with Gasteiger partial charge in [0.2, 0.25) is 6.17 Å². The highest BCUT2D eigenvalue weighted by molar-refractivity contribution is 6.21. The number of carbonyl (C=O) groups excluding carboxylic acids is 2. The van der Waals surface area contributed by atoms with Crippen molar-refractivity contribution in [1.82, 2.24) is 10.3 Å². The number of nitrogens with one attached hydrogen (secondary N) is 2. The molecule has 6 nitrogen and oxygen atoms in total. The molecule has 3 aromatic carbocycles. The van der Waals surface area contributed by atoms with Gasteiger partial charge >= 0.3 is 0 Å². The first kappa shape index (κ1) is 19.5. The summed E-state index contributed by atoms with van der Waals surface area (Å²) in [7, 11) is 0. The second-order valence-corrected chi connectivity index (χ2v) is 8.40. The van der Waals surface area contributed by atoms with Crippen molar-refractivity contribution in [3.8, 4) is 0 Å². The molecule has 0 fully saturated rings. The highest BCUT2D eigenvalue weighted by Crippen LogP contribution is 2.35. The molecule has 33 heavy (non-hydrogen) atoms. The maximum atomic E-state index is 13.6. The van der Waals surface area contributed by atoms with Crippen LogP contribution in [0.5, 0.6) is 0 Å². The highest BCUT2D eigenvalue weighted by Gasteiger charge is 2.36. The third kappa shape index (κ3) is 3.31. The predicted octanol–water partition coefficient (Wildman–Crippen LogP) is 4.05. The molecule has 162 valence electrons. The SMILES string of the molecule is O=C(N[C@@H]1N=C(c2ccccc2)c2cccc3c2N(CCC3)C1=O)c1cc2ccccc2[nH]1. The first-order chi connectivity index (χ1) is 16.2. The van der Waals surface area contributed by atoms with Gasteiger partial charge in [-0.2, -0.15) is 0 Å². The van der Waals surface area contributed by atoms with E-state index in [1.54, 1.807) is 11.0 Å². The van der Waals surface area contributed by atoms with Crippen molar-refractivity contribution in [3.05, 3.63) is 101 Å². The maximum absolute atomic E-state index is 13.6. The van der Waals surface area contributed by atoms with E-state index in [1.807, 2.05) is 66.7 Å². The molecule has 2 aliphatic heterocycles. The average Bonchev–Trinajstić information content (AvgIpc) is 3.26. The predicted molar refractivity (Wildman–Crippen MR) is 129 cm³/mol. The fourth-order valence-corrected chi connectivity index (χ4v) is 4.78. The van der Waals surface area contributed by atoms with E-state index in [0.717, 1.165) is 46.1 Å². The monoisotopic (exact) mass is 434 g/mol. The lowest BCUT2D eigenvalue weighted by Crippen LogP contribution is -2.48. The molecule has 2 amide bonds. The molecule has 0 aliphatic carbocycles. The van der Waals surface area contributed by atoms with Gasteiger partial charge in [0.05, 0.1) is 11.4 Å². The van der Waals surface area contributed by atoms with Gasteiger partial charge in [-0.15, -0.1) is 0 Å². The van der Waals surface area contributed by atoms with Gasteiger partial charge in [-0.25, -0.2) is 4.99 Å². The molecule has 1 atom stereocenters. The Labute approximate surface area is 191 Å². The second-order valence-electron chi connectivity index (χ2n) is 8.40. The van der Waals surface area contributed by atoms with Crippen molar-refractivity contribution in [2.45, 2.75) is 19.0 Å². The van der Waals surface area contributed by atoms with Crippen molar-refractivity contribution >= 4 is 34.1 Å². The van der Waals surface area contributed by atoms with E-state index < -0.39 is 6.17 Å². The van der Waals surface area contributed by atoms with Gasteiger partial charge in [0.1, 0.15) is 5.69 Å². The topological polar surface area (TPSA) is 77.6 Å². The molecule has 0 spiro atoms. The van der Waals surface area contributed by atoms with Crippen LogP contribution in [-0.4, -0.2) is 35.2 Å². The molecular weight excluding hydrogens is 412 g/mol. The molecule has 0 radical (unpaired) electrons.